The van der Waals surface area contributed by atoms with E-state index in [2.05, 4.69) is 5.32 Å². The fraction of sp³-hybridized carbons (Fsp3) is 0.350. The van der Waals surface area contributed by atoms with E-state index in [-0.39, 0.29) is 18.3 Å². The molecule has 0 atom stereocenters. The van der Waals surface area contributed by atoms with E-state index in [1.807, 2.05) is 0 Å². The van der Waals surface area contributed by atoms with Gasteiger partial charge in [-0.15, -0.1) is 0 Å². The number of hydrogen-bond acceptors (Lipinski definition) is 4. The van der Waals surface area contributed by atoms with Crippen LogP contribution in [0.1, 0.15) is 29.3 Å². The minimum absolute atomic E-state index is 0.0538. The lowest BCUT2D eigenvalue weighted by Crippen LogP contribution is -2.32. The molecule has 0 unspecified atom stereocenters. The van der Waals surface area contributed by atoms with Crippen LogP contribution in [0.2, 0.25) is 10.0 Å². The summed E-state index contributed by atoms with van der Waals surface area (Å²) in [7, 11) is -1.68. The van der Waals surface area contributed by atoms with E-state index in [9.17, 15) is 13.2 Å². The van der Waals surface area contributed by atoms with Gasteiger partial charge in [0.05, 0.1) is 11.3 Å². The number of hydrogen-bond donors (Lipinski definition) is 1. The molecular weight excluding hydrogens is 435 g/mol. The van der Waals surface area contributed by atoms with E-state index in [1.54, 1.807) is 49.4 Å². The molecule has 29 heavy (non-hydrogen) atoms. The minimum atomic E-state index is -3.22. The summed E-state index contributed by atoms with van der Waals surface area (Å²) in [5.74, 6) is 0.198. The fourth-order valence-corrected chi connectivity index (χ4v) is 3.84. The Labute approximate surface area is 181 Å². The van der Waals surface area contributed by atoms with Gasteiger partial charge in [0.15, 0.2) is 0 Å². The number of carbonyl (C=O) groups excluding carboxylic acids is 1. The lowest BCUT2D eigenvalue weighted by molar-refractivity contribution is 0.0948. The van der Waals surface area contributed by atoms with Gasteiger partial charge in [0.2, 0.25) is 10.0 Å². The normalized spacial score (nSPS) is 11.5. The van der Waals surface area contributed by atoms with Crippen LogP contribution < -0.4 is 10.1 Å². The molecular formula is C20H24Cl2N2O4S. The quantitative estimate of drug-likeness (QED) is 0.546. The van der Waals surface area contributed by atoms with Gasteiger partial charge in [-0.05, 0) is 37.6 Å². The molecule has 0 spiro atoms. The van der Waals surface area contributed by atoms with Gasteiger partial charge in [-0.3, -0.25) is 4.79 Å². The second-order valence-electron chi connectivity index (χ2n) is 6.35. The molecule has 0 bridgehead atoms. The zero-order valence-electron chi connectivity index (χ0n) is 16.3. The Kier molecular flexibility index (Phi) is 8.77. The van der Waals surface area contributed by atoms with Crippen molar-refractivity contribution < 1.29 is 17.9 Å². The van der Waals surface area contributed by atoms with Crippen molar-refractivity contribution in [2.24, 2.45) is 0 Å². The first-order chi connectivity index (χ1) is 13.7. The first-order valence-electron chi connectivity index (χ1n) is 9.12. The van der Waals surface area contributed by atoms with Gasteiger partial charge in [0.1, 0.15) is 12.4 Å². The number of nitrogens with zero attached hydrogens (tertiary/aromatic N) is 1. The Bertz CT molecular complexity index is 951. The summed E-state index contributed by atoms with van der Waals surface area (Å²) in [6.07, 6.45) is 0.505. The maximum absolute atomic E-state index is 12.5. The molecule has 0 heterocycles. The van der Waals surface area contributed by atoms with Crippen molar-refractivity contribution in [3.63, 3.8) is 0 Å². The van der Waals surface area contributed by atoms with Gasteiger partial charge < -0.3 is 10.1 Å². The predicted molar refractivity (Wildman–Crippen MR) is 116 cm³/mol. The van der Waals surface area contributed by atoms with Gasteiger partial charge in [-0.25, -0.2) is 12.7 Å². The molecule has 1 N–H and O–H groups in total. The lowest BCUT2D eigenvalue weighted by Gasteiger charge is -2.16. The molecule has 0 aliphatic heterocycles. The molecule has 0 aliphatic carbocycles. The highest BCUT2D eigenvalue weighted by Gasteiger charge is 2.15. The van der Waals surface area contributed by atoms with Crippen LogP contribution in [0.3, 0.4) is 0 Å². The van der Waals surface area contributed by atoms with Gasteiger partial charge >= 0.3 is 0 Å². The molecule has 0 aliphatic rings. The van der Waals surface area contributed by atoms with Crippen LogP contribution in [-0.4, -0.2) is 44.5 Å². The number of rotatable bonds is 10. The summed E-state index contributed by atoms with van der Waals surface area (Å²) >= 11 is 12.1. The monoisotopic (exact) mass is 458 g/mol. The van der Waals surface area contributed by atoms with Gasteiger partial charge in [-0.2, -0.15) is 0 Å². The van der Waals surface area contributed by atoms with Crippen molar-refractivity contribution in [1.29, 1.82) is 0 Å². The molecule has 158 valence electrons. The van der Waals surface area contributed by atoms with Crippen molar-refractivity contribution in [2.45, 2.75) is 20.0 Å². The summed E-state index contributed by atoms with van der Waals surface area (Å²) in [6.45, 7) is 2.48. The van der Waals surface area contributed by atoms with E-state index in [0.717, 1.165) is 5.56 Å². The highest BCUT2D eigenvalue weighted by molar-refractivity contribution is 7.89. The molecule has 2 aromatic carbocycles. The van der Waals surface area contributed by atoms with Gasteiger partial charge in [0.25, 0.3) is 5.91 Å². The van der Waals surface area contributed by atoms with Crippen molar-refractivity contribution in [2.75, 3.05) is 25.9 Å². The molecule has 0 saturated heterocycles. The number of amides is 1. The molecule has 1 amide bonds. The first kappa shape index (κ1) is 23.5. The highest BCUT2D eigenvalue weighted by atomic mass is 35.5. The third kappa shape index (κ3) is 6.89. The fourth-order valence-electron chi connectivity index (χ4n) is 2.53. The van der Waals surface area contributed by atoms with E-state index in [4.69, 9.17) is 27.9 Å². The first-order valence-corrected chi connectivity index (χ1v) is 11.5. The number of nitrogens with one attached hydrogen (secondary N) is 1. The average molecular weight is 459 g/mol. The third-order valence-electron chi connectivity index (χ3n) is 4.30. The van der Waals surface area contributed by atoms with E-state index >= 15 is 0 Å². The third-order valence-corrected chi connectivity index (χ3v) is 6.75. The molecule has 0 radical (unpaired) electrons. The zero-order chi connectivity index (χ0) is 21.4. The van der Waals surface area contributed by atoms with Crippen molar-refractivity contribution >= 4 is 39.1 Å². The van der Waals surface area contributed by atoms with Crippen LogP contribution in [0, 0.1) is 0 Å². The van der Waals surface area contributed by atoms with Crippen LogP contribution in [0.5, 0.6) is 5.75 Å². The maximum Gasteiger partial charge on any atom is 0.255 e. The number of benzene rings is 2. The maximum atomic E-state index is 12.5. The summed E-state index contributed by atoms with van der Waals surface area (Å²) in [5.41, 5.74) is 1.15. The number of sulfonamides is 1. The zero-order valence-corrected chi connectivity index (χ0v) is 18.6. The number of halogens is 2. The summed E-state index contributed by atoms with van der Waals surface area (Å²) in [6, 6.07) is 12.0. The predicted octanol–water partition coefficient (Wildman–Crippen LogP) is 3.97. The van der Waals surface area contributed by atoms with Crippen molar-refractivity contribution in [3.8, 4) is 5.75 Å². The van der Waals surface area contributed by atoms with Gasteiger partial charge in [0, 0.05) is 35.7 Å². The Hall–Kier alpha value is -1.80. The van der Waals surface area contributed by atoms with Crippen LogP contribution in [0.4, 0.5) is 0 Å². The topological polar surface area (TPSA) is 75.7 Å². The van der Waals surface area contributed by atoms with E-state index in [0.29, 0.717) is 40.9 Å². The smallest absolute Gasteiger partial charge is 0.255 e. The molecule has 6 nitrogen and oxygen atoms in total. The highest BCUT2D eigenvalue weighted by Crippen LogP contribution is 2.24. The second-order valence-corrected chi connectivity index (χ2v) is 9.56. The van der Waals surface area contributed by atoms with Gasteiger partial charge in [-0.1, -0.05) is 41.4 Å². The number of carbonyl (C=O) groups is 1. The van der Waals surface area contributed by atoms with E-state index in [1.165, 1.54) is 11.4 Å². The summed E-state index contributed by atoms with van der Waals surface area (Å²) in [5, 5.41) is 3.83. The lowest BCUT2D eigenvalue weighted by atomic mass is 10.2. The number of ether oxygens (including phenoxy) is 1. The van der Waals surface area contributed by atoms with E-state index < -0.39 is 10.0 Å². The van der Waals surface area contributed by atoms with Crippen molar-refractivity contribution in [1.82, 2.24) is 9.62 Å². The average Bonchev–Trinajstić information content (AvgIpc) is 2.70. The molecule has 2 rings (SSSR count). The van der Waals surface area contributed by atoms with Crippen LogP contribution in [0.25, 0.3) is 0 Å². The Balaban J connectivity index is 1.92. The summed E-state index contributed by atoms with van der Waals surface area (Å²) < 4.78 is 30.6. The number of para-hydroxylation sites is 1. The second kappa shape index (κ2) is 10.8. The SMILES string of the molecule is CCS(=O)(=O)N(C)CCCNC(=O)c1ccccc1OCc1ccc(Cl)cc1Cl. The molecule has 0 saturated carbocycles. The van der Waals surface area contributed by atoms with Crippen molar-refractivity contribution in [3.05, 3.63) is 63.6 Å². The molecule has 9 heteroatoms. The standard InChI is InChI=1S/C20H24Cl2N2O4S/c1-3-29(26,27)24(2)12-6-11-23-20(25)17-7-4-5-8-19(17)28-14-15-9-10-16(21)13-18(15)22/h4-5,7-10,13H,3,6,11-12,14H2,1-2H3,(H,23,25). The largest absolute Gasteiger partial charge is 0.488 e. The summed E-state index contributed by atoms with van der Waals surface area (Å²) in [4.78, 5) is 12.5. The molecule has 0 fully saturated rings. The molecule has 2 aromatic rings. The van der Waals surface area contributed by atoms with Crippen LogP contribution in [-0.2, 0) is 16.6 Å². The minimum Gasteiger partial charge on any atom is -0.488 e. The molecule has 0 aromatic heterocycles. The Morgan fingerprint density at radius 2 is 1.90 bits per heavy atom. The van der Waals surface area contributed by atoms with Crippen LogP contribution in [0.15, 0.2) is 42.5 Å². The Morgan fingerprint density at radius 3 is 2.59 bits per heavy atom. The van der Waals surface area contributed by atoms with Crippen LogP contribution >= 0.6 is 23.2 Å². The Morgan fingerprint density at radius 1 is 1.17 bits per heavy atom.